The van der Waals surface area contributed by atoms with Gasteiger partial charge in [0.1, 0.15) is 5.75 Å². The van der Waals surface area contributed by atoms with Crippen molar-refractivity contribution < 1.29 is 9.53 Å². The molecule has 1 aromatic carbocycles. The average Bonchev–Trinajstić information content (AvgIpc) is 3.07. The van der Waals surface area contributed by atoms with Crippen molar-refractivity contribution in [1.82, 2.24) is 14.8 Å². The van der Waals surface area contributed by atoms with Crippen LogP contribution in [0.3, 0.4) is 0 Å². The molecular formula is C22H27N3O2. The van der Waals surface area contributed by atoms with Crippen LogP contribution in [0.5, 0.6) is 5.75 Å². The van der Waals surface area contributed by atoms with Crippen LogP contribution >= 0.6 is 0 Å². The van der Waals surface area contributed by atoms with Crippen LogP contribution in [0.1, 0.15) is 24.0 Å². The molecule has 0 N–H and O–H groups in total. The predicted molar refractivity (Wildman–Crippen MR) is 104 cm³/mol. The van der Waals surface area contributed by atoms with E-state index in [-0.39, 0.29) is 5.92 Å². The van der Waals surface area contributed by atoms with Crippen molar-refractivity contribution >= 4 is 5.91 Å². The SMILES string of the molecule is O=C([C@H]1CCOc2ccccc2C1)N1CCCN(Cc2cccnc2)CC1. The zero-order valence-electron chi connectivity index (χ0n) is 15.7. The van der Waals surface area contributed by atoms with Crippen molar-refractivity contribution in [3.8, 4) is 5.75 Å². The summed E-state index contributed by atoms with van der Waals surface area (Å²) in [4.78, 5) is 21.9. The summed E-state index contributed by atoms with van der Waals surface area (Å²) in [6.45, 7) is 5.12. The first-order valence-electron chi connectivity index (χ1n) is 9.90. The summed E-state index contributed by atoms with van der Waals surface area (Å²) >= 11 is 0. The highest BCUT2D eigenvalue weighted by Gasteiger charge is 2.28. The second kappa shape index (κ2) is 8.53. The Morgan fingerprint density at radius 1 is 1.11 bits per heavy atom. The van der Waals surface area contributed by atoms with E-state index in [0.717, 1.165) is 63.3 Å². The van der Waals surface area contributed by atoms with Gasteiger partial charge in [0.2, 0.25) is 5.91 Å². The molecule has 2 aromatic rings. The van der Waals surface area contributed by atoms with Gasteiger partial charge in [-0.2, -0.15) is 0 Å². The van der Waals surface area contributed by atoms with E-state index in [9.17, 15) is 4.79 Å². The largest absolute Gasteiger partial charge is 0.493 e. The Labute approximate surface area is 161 Å². The maximum absolute atomic E-state index is 13.2. The number of hydrogen-bond donors (Lipinski definition) is 0. The third-order valence-corrected chi connectivity index (χ3v) is 5.54. The lowest BCUT2D eigenvalue weighted by atomic mass is 9.95. The number of nitrogens with zero attached hydrogens (tertiary/aromatic N) is 3. The van der Waals surface area contributed by atoms with Gasteiger partial charge in [-0.1, -0.05) is 24.3 Å². The zero-order chi connectivity index (χ0) is 18.5. The molecule has 0 saturated carbocycles. The Hall–Kier alpha value is -2.40. The molecule has 142 valence electrons. The molecule has 4 rings (SSSR count). The smallest absolute Gasteiger partial charge is 0.226 e. The Balaban J connectivity index is 1.37. The second-order valence-electron chi connectivity index (χ2n) is 7.46. The fourth-order valence-corrected chi connectivity index (χ4v) is 4.06. The molecule has 1 aromatic heterocycles. The number of aromatic nitrogens is 1. The van der Waals surface area contributed by atoms with Gasteiger partial charge >= 0.3 is 0 Å². The quantitative estimate of drug-likeness (QED) is 0.839. The van der Waals surface area contributed by atoms with Crippen molar-refractivity contribution in [2.24, 2.45) is 5.92 Å². The standard InChI is InChI=1S/C22H27N3O2/c26-22(20-8-14-27-21-7-2-1-6-19(21)15-20)25-11-4-10-24(12-13-25)17-18-5-3-9-23-16-18/h1-3,5-7,9,16,20H,4,8,10-15,17H2/t20-/m0/s1. The van der Waals surface area contributed by atoms with Gasteiger partial charge in [-0.05, 0) is 42.5 Å². The molecule has 1 saturated heterocycles. The summed E-state index contributed by atoms with van der Waals surface area (Å²) in [7, 11) is 0. The van der Waals surface area contributed by atoms with Crippen LogP contribution in [0.15, 0.2) is 48.8 Å². The summed E-state index contributed by atoms with van der Waals surface area (Å²) in [5.74, 6) is 1.25. The molecule has 1 atom stereocenters. The Bertz CT molecular complexity index is 765. The van der Waals surface area contributed by atoms with Crippen LogP contribution in [0.25, 0.3) is 0 Å². The molecule has 0 aliphatic carbocycles. The number of benzene rings is 1. The fraction of sp³-hybridized carbons (Fsp3) is 0.455. The molecule has 1 amide bonds. The van der Waals surface area contributed by atoms with Crippen molar-refractivity contribution in [1.29, 1.82) is 0 Å². The molecule has 5 heteroatoms. The zero-order valence-corrected chi connectivity index (χ0v) is 15.7. The summed E-state index contributed by atoms with van der Waals surface area (Å²) < 4.78 is 5.84. The molecule has 0 radical (unpaired) electrons. The van der Waals surface area contributed by atoms with Gasteiger partial charge in [-0.15, -0.1) is 0 Å². The van der Waals surface area contributed by atoms with Crippen LogP contribution in [0.4, 0.5) is 0 Å². The summed E-state index contributed by atoms with van der Waals surface area (Å²) in [5, 5.41) is 0. The van der Waals surface area contributed by atoms with E-state index < -0.39 is 0 Å². The van der Waals surface area contributed by atoms with E-state index >= 15 is 0 Å². The Morgan fingerprint density at radius 3 is 2.93 bits per heavy atom. The van der Waals surface area contributed by atoms with E-state index in [1.165, 1.54) is 5.56 Å². The number of fused-ring (bicyclic) bond motifs is 1. The average molecular weight is 365 g/mol. The number of amides is 1. The van der Waals surface area contributed by atoms with Crippen LogP contribution in [-0.4, -0.2) is 53.5 Å². The van der Waals surface area contributed by atoms with E-state index in [4.69, 9.17) is 4.74 Å². The number of carbonyl (C=O) groups excluding carboxylic acids is 1. The minimum Gasteiger partial charge on any atom is -0.493 e. The molecule has 5 nitrogen and oxygen atoms in total. The highest BCUT2D eigenvalue weighted by atomic mass is 16.5. The van der Waals surface area contributed by atoms with Crippen LogP contribution in [0.2, 0.25) is 0 Å². The molecule has 0 unspecified atom stereocenters. The minimum absolute atomic E-state index is 0.0264. The van der Waals surface area contributed by atoms with Crippen molar-refractivity contribution in [3.63, 3.8) is 0 Å². The van der Waals surface area contributed by atoms with Gasteiger partial charge in [0.25, 0.3) is 0 Å². The fourth-order valence-electron chi connectivity index (χ4n) is 4.06. The third kappa shape index (κ3) is 4.48. The molecule has 0 bridgehead atoms. The lowest BCUT2D eigenvalue weighted by Crippen LogP contribution is -2.39. The lowest BCUT2D eigenvalue weighted by Gasteiger charge is -2.25. The summed E-state index contributed by atoms with van der Waals surface area (Å²) in [5.41, 5.74) is 2.39. The maximum atomic E-state index is 13.2. The van der Waals surface area contributed by atoms with Crippen molar-refractivity contribution in [3.05, 3.63) is 59.9 Å². The number of pyridine rings is 1. The van der Waals surface area contributed by atoms with E-state index in [2.05, 4.69) is 26.9 Å². The highest BCUT2D eigenvalue weighted by Crippen LogP contribution is 2.28. The van der Waals surface area contributed by atoms with Crippen LogP contribution < -0.4 is 4.74 Å². The Kier molecular flexibility index (Phi) is 5.68. The van der Waals surface area contributed by atoms with Gasteiger partial charge < -0.3 is 9.64 Å². The van der Waals surface area contributed by atoms with E-state index in [0.29, 0.717) is 12.5 Å². The molecule has 2 aliphatic rings. The van der Waals surface area contributed by atoms with Gasteiger partial charge in [-0.25, -0.2) is 0 Å². The second-order valence-corrected chi connectivity index (χ2v) is 7.46. The monoisotopic (exact) mass is 365 g/mol. The third-order valence-electron chi connectivity index (χ3n) is 5.54. The molecule has 0 spiro atoms. The van der Waals surface area contributed by atoms with Gasteiger partial charge in [-0.3, -0.25) is 14.7 Å². The minimum atomic E-state index is 0.0264. The number of para-hydroxylation sites is 1. The van der Waals surface area contributed by atoms with Crippen molar-refractivity contribution in [2.75, 3.05) is 32.8 Å². The van der Waals surface area contributed by atoms with Gasteiger partial charge in [0.15, 0.2) is 0 Å². The van der Waals surface area contributed by atoms with E-state index in [1.54, 1.807) is 6.20 Å². The number of hydrogen-bond acceptors (Lipinski definition) is 4. The molecule has 2 aliphatic heterocycles. The molecular weight excluding hydrogens is 338 g/mol. The summed E-state index contributed by atoms with van der Waals surface area (Å²) in [6, 6.07) is 12.2. The predicted octanol–water partition coefficient (Wildman–Crippen LogP) is 2.76. The first kappa shape index (κ1) is 18.0. The van der Waals surface area contributed by atoms with Gasteiger partial charge in [0.05, 0.1) is 6.61 Å². The maximum Gasteiger partial charge on any atom is 0.226 e. The topological polar surface area (TPSA) is 45.7 Å². The van der Waals surface area contributed by atoms with Crippen molar-refractivity contribution in [2.45, 2.75) is 25.8 Å². The lowest BCUT2D eigenvalue weighted by molar-refractivity contribution is -0.135. The van der Waals surface area contributed by atoms with E-state index in [1.807, 2.05) is 30.5 Å². The summed E-state index contributed by atoms with van der Waals surface area (Å²) in [6.07, 6.45) is 6.33. The molecule has 3 heterocycles. The normalized spacial score (nSPS) is 20.9. The highest BCUT2D eigenvalue weighted by molar-refractivity contribution is 5.79. The number of rotatable bonds is 3. The van der Waals surface area contributed by atoms with Gasteiger partial charge in [0, 0.05) is 51.0 Å². The first-order chi connectivity index (χ1) is 13.3. The first-order valence-corrected chi connectivity index (χ1v) is 9.90. The molecule has 1 fully saturated rings. The number of ether oxygens (including phenoxy) is 1. The number of carbonyl (C=O) groups is 1. The van der Waals surface area contributed by atoms with Crippen LogP contribution in [-0.2, 0) is 17.8 Å². The van der Waals surface area contributed by atoms with Crippen LogP contribution in [0, 0.1) is 5.92 Å². The molecule has 27 heavy (non-hydrogen) atoms. The Morgan fingerprint density at radius 2 is 2.04 bits per heavy atom.